The van der Waals surface area contributed by atoms with Crippen molar-refractivity contribution in [3.05, 3.63) is 28.8 Å². The molecule has 0 bridgehead atoms. The Balaban J connectivity index is 1.98. The van der Waals surface area contributed by atoms with E-state index in [9.17, 15) is 18.0 Å². The van der Waals surface area contributed by atoms with Crippen molar-refractivity contribution >= 4 is 11.6 Å². The number of amides is 1. The fourth-order valence-electron chi connectivity index (χ4n) is 3.79. The number of nitrogens with zero attached hydrogens (tertiary/aromatic N) is 1. The molecule has 0 radical (unpaired) electrons. The van der Waals surface area contributed by atoms with E-state index in [2.05, 4.69) is 10.6 Å². The monoisotopic (exact) mass is 355 g/mol. The van der Waals surface area contributed by atoms with Gasteiger partial charge in [-0.05, 0) is 23.6 Å². The van der Waals surface area contributed by atoms with E-state index in [-0.39, 0.29) is 5.91 Å². The van der Waals surface area contributed by atoms with Gasteiger partial charge in [0.2, 0.25) is 0 Å². The molecule has 0 aromatic heterocycles. The van der Waals surface area contributed by atoms with Crippen LogP contribution in [0.15, 0.2) is 12.1 Å². The molecule has 2 aliphatic heterocycles. The first kappa shape index (κ1) is 18.0. The normalized spacial score (nSPS) is 19.5. The van der Waals surface area contributed by atoms with Crippen LogP contribution in [0.1, 0.15) is 53.6 Å². The Kier molecular flexibility index (Phi) is 5.22. The van der Waals surface area contributed by atoms with Gasteiger partial charge in [-0.15, -0.1) is 0 Å². The first-order valence-electron chi connectivity index (χ1n) is 8.87. The smallest absolute Gasteiger partial charge is 0.369 e. The van der Waals surface area contributed by atoms with Gasteiger partial charge in [0.25, 0.3) is 5.91 Å². The number of hydrogen-bond acceptors (Lipinski definition) is 3. The van der Waals surface area contributed by atoms with Crippen molar-refractivity contribution in [2.24, 2.45) is 0 Å². The molecule has 0 spiro atoms. The molecule has 2 N–H and O–H groups in total. The number of unbranched alkanes of at least 4 members (excludes halogenated alkanes) is 1. The van der Waals surface area contributed by atoms with Crippen LogP contribution in [0.3, 0.4) is 0 Å². The van der Waals surface area contributed by atoms with Gasteiger partial charge in [0, 0.05) is 49.9 Å². The van der Waals surface area contributed by atoms with Crippen LogP contribution in [0.2, 0.25) is 0 Å². The lowest BCUT2D eigenvalue weighted by Gasteiger charge is -2.19. The van der Waals surface area contributed by atoms with E-state index >= 15 is 0 Å². The minimum Gasteiger partial charge on any atom is -0.369 e. The summed E-state index contributed by atoms with van der Waals surface area (Å²) >= 11 is 0. The Hall–Kier alpha value is -1.76. The van der Waals surface area contributed by atoms with Gasteiger partial charge < -0.3 is 15.5 Å². The Labute approximate surface area is 145 Å². The second-order valence-corrected chi connectivity index (χ2v) is 6.78. The molecule has 4 nitrogen and oxygen atoms in total. The predicted molar refractivity (Wildman–Crippen MR) is 91.0 cm³/mol. The molecule has 1 unspecified atom stereocenters. The summed E-state index contributed by atoms with van der Waals surface area (Å²) in [6, 6.07) is 3.56. The molecule has 25 heavy (non-hydrogen) atoms. The number of halogens is 3. The highest BCUT2D eigenvalue weighted by atomic mass is 19.4. The molecule has 0 aliphatic carbocycles. The van der Waals surface area contributed by atoms with Gasteiger partial charge in [-0.2, -0.15) is 13.2 Å². The van der Waals surface area contributed by atoms with Gasteiger partial charge in [-0.25, -0.2) is 0 Å². The topological polar surface area (TPSA) is 44.4 Å². The molecule has 2 heterocycles. The highest BCUT2D eigenvalue weighted by Gasteiger charge is 2.41. The Morgan fingerprint density at radius 1 is 1.40 bits per heavy atom. The molecule has 0 saturated heterocycles. The highest BCUT2D eigenvalue weighted by Crippen LogP contribution is 2.46. The largest absolute Gasteiger partial charge is 0.389 e. The van der Waals surface area contributed by atoms with E-state index < -0.39 is 18.5 Å². The average molecular weight is 355 g/mol. The van der Waals surface area contributed by atoms with E-state index in [1.165, 1.54) is 0 Å². The number of anilines is 1. The van der Waals surface area contributed by atoms with Crippen molar-refractivity contribution in [1.29, 1.82) is 0 Å². The zero-order valence-electron chi connectivity index (χ0n) is 14.4. The predicted octanol–water partition coefficient (Wildman–Crippen LogP) is 3.18. The van der Waals surface area contributed by atoms with E-state index in [0.29, 0.717) is 37.3 Å². The molecule has 0 saturated carbocycles. The number of benzene rings is 1. The maximum Gasteiger partial charge on any atom is 0.389 e. The van der Waals surface area contributed by atoms with Gasteiger partial charge in [-0.1, -0.05) is 19.4 Å². The lowest BCUT2D eigenvalue weighted by atomic mass is 9.90. The Bertz CT molecular complexity index is 645. The van der Waals surface area contributed by atoms with Gasteiger partial charge >= 0.3 is 6.18 Å². The van der Waals surface area contributed by atoms with Crippen molar-refractivity contribution in [3.8, 4) is 0 Å². The summed E-state index contributed by atoms with van der Waals surface area (Å²) < 4.78 is 39.2. The van der Waals surface area contributed by atoms with E-state index in [4.69, 9.17) is 0 Å². The third-order valence-corrected chi connectivity index (χ3v) is 4.88. The molecule has 1 aromatic carbocycles. The minimum atomic E-state index is -4.24. The Morgan fingerprint density at radius 3 is 2.92 bits per heavy atom. The fourth-order valence-corrected chi connectivity index (χ4v) is 3.79. The Morgan fingerprint density at radius 2 is 2.20 bits per heavy atom. The third-order valence-electron chi connectivity index (χ3n) is 4.88. The van der Waals surface area contributed by atoms with Crippen molar-refractivity contribution in [2.45, 2.75) is 44.8 Å². The van der Waals surface area contributed by atoms with Crippen LogP contribution >= 0.6 is 0 Å². The summed E-state index contributed by atoms with van der Waals surface area (Å²) in [6.07, 6.45) is -3.32. The number of carbonyl (C=O) groups excluding carboxylic acids is 1. The number of carbonyl (C=O) groups is 1. The molecule has 2 aliphatic rings. The van der Waals surface area contributed by atoms with Gasteiger partial charge in [-0.3, -0.25) is 4.79 Å². The van der Waals surface area contributed by atoms with E-state index in [1.807, 2.05) is 17.9 Å². The highest BCUT2D eigenvalue weighted by molar-refractivity contribution is 5.98. The van der Waals surface area contributed by atoms with Gasteiger partial charge in [0.15, 0.2) is 0 Å². The van der Waals surface area contributed by atoms with Crippen LogP contribution in [0.25, 0.3) is 0 Å². The fraction of sp³-hybridized carbons (Fsp3) is 0.611. The molecule has 7 heteroatoms. The minimum absolute atomic E-state index is 0.266. The maximum atomic E-state index is 13.1. The van der Waals surface area contributed by atoms with Crippen molar-refractivity contribution in [1.82, 2.24) is 10.6 Å². The zero-order valence-corrected chi connectivity index (χ0v) is 14.4. The molecular formula is C18H24F3N3O. The number of hydrogen-bond donors (Lipinski definition) is 2. The van der Waals surface area contributed by atoms with Gasteiger partial charge in [0.1, 0.15) is 0 Å². The molecule has 3 rings (SSSR count). The first-order chi connectivity index (χ1) is 11.9. The number of nitrogens with one attached hydrogen (secondary N) is 2. The summed E-state index contributed by atoms with van der Waals surface area (Å²) in [5.74, 6) is -0.947. The summed E-state index contributed by atoms with van der Waals surface area (Å²) in [4.78, 5) is 14.6. The molecule has 1 amide bonds. The SMILES string of the molecule is CCCCNC(=O)c1ccc2c3c1C(CC(F)(F)F)CN3CCNC2. The summed E-state index contributed by atoms with van der Waals surface area (Å²) in [7, 11) is 0. The third kappa shape index (κ3) is 3.92. The van der Waals surface area contributed by atoms with Crippen LogP contribution in [-0.4, -0.2) is 38.3 Å². The second kappa shape index (κ2) is 7.23. The van der Waals surface area contributed by atoms with Crippen LogP contribution in [0.4, 0.5) is 18.9 Å². The van der Waals surface area contributed by atoms with Gasteiger partial charge in [0.05, 0.1) is 6.42 Å². The van der Waals surface area contributed by atoms with Crippen molar-refractivity contribution < 1.29 is 18.0 Å². The van der Waals surface area contributed by atoms with Crippen LogP contribution in [-0.2, 0) is 6.54 Å². The number of alkyl halides is 3. The summed E-state index contributed by atoms with van der Waals surface area (Å²) in [5.41, 5.74) is 2.78. The average Bonchev–Trinajstić information content (AvgIpc) is 2.75. The van der Waals surface area contributed by atoms with Crippen LogP contribution < -0.4 is 15.5 Å². The zero-order chi connectivity index (χ0) is 18.0. The molecule has 138 valence electrons. The summed E-state index contributed by atoms with van der Waals surface area (Å²) in [5, 5.41) is 6.13. The van der Waals surface area contributed by atoms with Crippen molar-refractivity contribution in [2.75, 3.05) is 31.1 Å². The lowest BCUT2D eigenvalue weighted by Crippen LogP contribution is -2.29. The standard InChI is InChI=1S/C18H24F3N3O/c1-2-3-6-23-17(25)14-5-4-12-10-22-7-8-24-11-13(9-18(19,20)21)15(14)16(12)24/h4-5,13,22H,2-3,6-11H2,1H3,(H,23,25). The molecule has 0 fully saturated rings. The summed E-state index contributed by atoms with van der Waals surface area (Å²) in [6.45, 7) is 4.90. The molecule has 1 atom stereocenters. The van der Waals surface area contributed by atoms with Crippen LogP contribution in [0.5, 0.6) is 0 Å². The van der Waals surface area contributed by atoms with Crippen LogP contribution in [0, 0.1) is 0 Å². The second-order valence-electron chi connectivity index (χ2n) is 6.78. The van der Waals surface area contributed by atoms with Crippen molar-refractivity contribution in [3.63, 3.8) is 0 Å². The number of rotatable bonds is 5. The molecule has 1 aromatic rings. The van der Waals surface area contributed by atoms with E-state index in [0.717, 1.165) is 30.6 Å². The maximum absolute atomic E-state index is 13.1. The molecular weight excluding hydrogens is 331 g/mol. The quantitative estimate of drug-likeness (QED) is 0.798. The first-order valence-corrected chi connectivity index (χ1v) is 8.87. The van der Waals surface area contributed by atoms with E-state index in [1.54, 1.807) is 6.07 Å². The lowest BCUT2D eigenvalue weighted by molar-refractivity contribution is -0.138.